The van der Waals surface area contributed by atoms with E-state index in [2.05, 4.69) is 9.97 Å². The molecule has 0 unspecified atom stereocenters. The second-order valence-electron chi connectivity index (χ2n) is 6.70. The first-order valence-electron chi connectivity index (χ1n) is 8.68. The van der Waals surface area contributed by atoms with Gasteiger partial charge in [-0.05, 0) is 37.6 Å². The monoisotopic (exact) mass is 385 g/mol. The first-order valence-corrected chi connectivity index (χ1v) is 8.68. The van der Waals surface area contributed by atoms with Crippen LogP contribution in [-0.4, -0.2) is 22.1 Å². The third kappa shape index (κ3) is 5.89. The average molecular weight is 385 g/mol. The number of ether oxygens (including phenoxy) is 1. The fraction of sp³-hybridized carbons (Fsp3) is 0.474. The van der Waals surface area contributed by atoms with Crippen molar-refractivity contribution in [2.24, 2.45) is 5.73 Å². The third-order valence-electron chi connectivity index (χ3n) is 4.05. The summed E-state index contributed by atoms with van der Waals surface area (Å²) in [4.78, 5) is 7.47. The SMILES string of the molecule is CCCC[C@](C)(N)COc1ccc(-c2ccnc(C(F)F)c2)nc1C(F)F. The Morgan fingerprint density at radius 3 is 2.52 bits per heavy atom. The molecule has 2 N–H and O–H groups in total. The van der Waals surface area contributed by atoms with Crippen molar-refractivity contribution in [1.29, 1.82) is 0 Å². The minimum absolute atomic E-state index is 0.0648. The minimum Gasteiger partial charge on any atom is -0.490 e. The zero-order chi connectivity index (χ0) is 20.0. The summed E-state index contributed by atoms with van der Waals surface area (Å²) in [5.41, 5.74) is 4.92. The van der Waals surface area contributed by atoms with Gasteiger partial charge in [0.1, 0.15) is 23.7 Å². The van der Waals surface area contributed by atoms with Crippen molar-refractivity contribution in [2.45, 2.75) is 51.5 Å². The Bertz CT molecular complexity index is 753. The Kier molecular flexibility index (Phi) is 7.12. The number of aromatic nitrogens is 2. The van der Waals surface area contributed by atoms with Gasteiger partial charge >= 0.3 is 0 Å². The van der Waals surface area contributed by atoms with Gasteiger partial charge in [-0.25, -0.2) is 22.5 Å². The van der Waals surface area contributed by atoms with Crippen LogP contribution in [-0.2, 0) is 0 Å². The zero-order valence-corrected chi connectivity index (χ0v) is 15.3. The molecule has 4 nitrogen and oxygen atoms in total. The van der Waals surface area contributed by atoms with Crippen LogP contribution in [0.25, 0.3) is 11.3 Å². The molecule has 0 aliphatic rings. The molecule has 0 spiro atoms. The maximum Gasteiger partial charge on any atom is 0.284 e. The average Bonchev–Trinajstić information content (AvgIpc) is 2.64. The van der Waals surface area contributed by atoms with Crippen molar-refractivity contribution in [1.82, 2.24) is 9.97 Å². The van der Waals surface area contributed by atoms with E-state index in [9.17, 15) is 17.6 Å². The molecule has 0 aliphatic heterocycles. The summed E-state index contributed by atoms with van der Waals surface area (Å²) in [6.45, 7) is 3.90. The van der Waals surface area contributed by atoms with Gasteiger partial charge in [0.25, 0.3) is 12.9 Å². The lowest BCUT2D eigenvalue weighted by atomic mass is 9.97. The number of nitrogens with two attached hydrogens (primary N) is 1. The third-order valence-corrected chi connectivity index (χ3v) is 4.05. The van der Waals surface area contributed by atoms with E-state index in [0.29, 0.717) is 6.42 Å². The zero-order valence-electron chi connectivity index (χ0n) is 15.3. The Hall–Kier alpha value is -2.22. The number of hydrogen-bond donors (Lipinski definition) is 1. The van der Waals surface area contributed by atoms with Crippen LogP contribution in [0.5, 0.6) is 5.75 Å². The molecule has 0 fully saturated rings. The van der Waals surface area contributed by atoms with Crippen LogP contribution in [0.2, 0.25) is 0 Å². The van der Waals surface area contributed by atoms with Crippen LogP contribution >= 0.6 is 0 Å². The lowest BCUT2D eigenvalue weighted by Gasteiger charge is -2.25. The van der Waals surface area contributed by atoms with Crippen LogP contribution in [0.15, 0.2) is 30.5 Å². The van der Waals surface area contributed by atoms with E-state index in [1.165, 1.54) is 24.4 Å². The smallest absolute Gasteiger partial charge is 0.284 e. The van der Waals surface area contributed by atoms with E-state index in [1.807, 2.05) is 6.92 Å². The normalized spacial score (nSPS) is 13.8. The Labute approximate surface area is 155 Å². The highest BCUT2D eigenvalue weighted by atomic mass is 19.3. The summed E-state index contributed by atoms with van der Waals surface area (Å²) in [5.74, 6) is -0.0648. The highest BCUT2D eigenvalue weighted by Crippen LogP contribution is 2.31. The van der Waals surface area contributed by atoms with E-state index < -0.39 is 29.8 Å². The summed E-state index contributed by atoms with van der Waals surface area (Å²) in [6, 6.07) is 5.38. The number of nitrogens with zero attached hydrogens (tertiary/aromatic N) is 2. The predicted molar refractivity (Wildman–Crippen MR) is 95.0 cm³/mol. The molecule has 0 aromatic carbocycles. The van der Waals surface area contributed by atoms with Crippen molar-refractivity contribution < 1.29 is 22.3 Å². The number of halogens is 4. The van der Waals surface area contributed by atoms with E-state index in [4.69, 9.17) is 10.5 Å². The standard InChI is InChI=1S/C19H23F4N3O/c1-3-4-8-19(2,24)11-27-15-6-5-13(26-16(15)18(22)23)12-7-9-25-14(10-12)17(20)21/h5-7,9-10,17-18H,3-4,8,11,24H2,1-2H3/t19-/m0/s1. The number of hydrogen-bond acceptors (Lipinski definition) is 4. The highest BCUT2D eigenvalue weighted by molar-refractivity contribution is 5.60. The van der Waals surface area contributed by atoms with E-state index in [1.54, 1.807) is 6.92 Å². The van der Waals surface area contributed by atoms with Crippen LogP contribution in [0.3, 0.4) is 0 Å². The molecule has 2 rings (SSSR count). The van der Waals surface area contributed by atoms with Gasteiger partial charge in [-0.15, -0.1) is 0 Å². The van der Waals surface area contributed by atoms with Crippen LogP contribution in [0, 0.1) is 0 Å². The van der Waals surface area contributed by atoms with Gasteiger partial charge in [-0.1, -0.05) is 19.8 Å². The molecule has 0 radical (unpaired) electrons. The summed E-state index contributed by atoms with van der Waals surface area (Å²) < 4.78 is 58.0. The van der Waals surface area contributed by atoms with Crippen LogP contribution in [0.4, 0.5) is 17.6 Å². The van der Waals surface area contributed by atoms with Crippen molar-refractivity contribution in [3.05, 3.63) is 41.9 Å². The Morgan fingerprint density at radius 1 is 1.15 bits per heavy atom. The van der Waals surface area contributed by atoms with Crippen molar-refractivity contribution >= 4 is 0 Å². The first-order chi connectivity index (χ1) is 12.7. The molecule has 2 aromatic heterocycles. The molecular formula is C19H23F4N3O. The maximum atomic E-state index is 13.4. The topological polar surface area (TPSA) is 61.0 Å². The van der Waals surface area contributed by atoms with Gasteiger partial charge in [0, 0.05) is 17.3 Å². The second-order valence-corrected chi connectivity index (χ2v) is 6.70. The lowest BCUT2D eigenvalue weighted by molar-refractivity contribution is 0.135. The van der Waals surface area contributed by atoms with E-state index in [0.717, 1.165) is 18.9 Å². The Morgan fingerprint density at radius 2 is 1.89 bits per heavy atom. The fourth-order valence-electron chi connectivity index (χ4n) is 2.52. The molecule has 0 amide bonds. The minimum atomic E-state index is -2.88. The maximum absolute atomic E-state index is 13.4. The molecule has 0 saturated carbocycles. The summed E-state index contributed by atoms with van der Waals surface area (Å²) in [6.07, 6.45) is -1.87. The molecule has 8 heteroatoms. The van der Waals surface area contributed by atoms with Crippen molar-refractivity contribution in [2.75, 3.05) is 6.61 Å². The van der Waals surface area contributed by atoms with Crippen LogP contribution < -0.4 is 10.5 Å². The van der Waals surface area contributed by atoms with Gasteiger partial charge in [0.15, 0.2) is 0 Å². The molecule has 2 heterocycles. The summed E-state index contributed by atoms with van der Waals surface area (Å²) >= 11 is 0. The molecule has 0 bridgehead atoms. The number of alkyl halides is 4. The van der Waals surface area contributed by atoms with Gasteiger partial charge < -0.3 is 10.5 Å². The largest absolute Gasteiger partial charge is 0.490 e. The van der Waals surface area contributed by atoms with E-state index in [-0.39, 0.29) is 23.6 Å². The fourth-order valence-corrected chi connectivity index (χ4v) is 2.52. The molecule has 1 atom stereocenters. The van der Waals surface area contributed by atoms with E-state index >= 15 is 0 Å². The van der Waals surface area contributed by atoms with Gasteiger partial charge in [-0.3, -0.25) is 4.98 Å². The van der Waals surface area contributed by atoms with Gasteiger partial charge in [-0.2, -0.15) is 0 Å². The second kappa shape index (κ2) is 9.12. The molecule has 0 aliphatic carbocycles. The molecular weight excluding hydrogens is 362 g/mol. The summed E-state index contributed by atoms with van der Waals surface area (Å²) in [5, 5.41) is 0. The van der Waals surface area contributed by atoms with Gasteiger partial charge in [0.05, 0.1) is 5.69 Å². The van der Waals surface area contributed by atoms with Crippen molar-refractivity contribution in [3.8, 4) is 17.0 Å². The lowest BCUT2D eigenvalue weighted by Crippen LogP contribution is -2.42. The quantitative estimate of drug-likeness (QED) is 0.595. The first kappa shape index (κ1) is 21.1. The predicted octanol–water partition coefficient (Wildman–Crippen LogP) is 5.31. The number of pyridine rings is 2. The summed E-state index contributed by atoms with van der Waals surface area (Å²) in [7, 11) is 0. The van der Waals surface area contributed by atoms with Crippen molar-refractivity contribution in [3.63, 3.8) is 0 Å². The molecule has 148 valence electrons. The number of rotatable bonds is 9. The van der Waals surface area contributed by atoms with Gasteiger partial charge in [0.2, 0.25) is 0 Å². The molecule has 2 aromatic rings. The molecule has 0 saturated heterocycles. The van der Waals surface area contributed by atoms with Crippen LogP contribution in [0.1, 0.15) is 57.3 Å². The Balaban J connectivity index is 2.25. The number of unbranched alkanes of at least 4 members (excludes halogenated alkanes) is 1. The highest BCUT2D eigenvalue weighted by Gasteiger charge is 2.23. The molecule has 27 heavy (non-hydrogen) atoms.